The Kier molecular flexibility index (Phi) is 3.57. The van der Waals surface area contributed by atoms with Crippen LogP contribution in [0.25, 0.3) is 0 Å². The van der Waals surface area contributed by atoms with Crippen LogP contribution in [0.3, 0.4) is 0 Å². The highest BCUT2D eigenvalue weighted by atomic mass is 79.9. The highest BCUT2D eigenvalue weighted by Gasteiger charge is 2.39. The Balaban J connectivity index is 2.93. The summed E-state index contributed by atoms with van der Waals surface area (Å²) in [6.45, 7) is 6.34. The minimum atomic E-state index is -1.67. The molecule has 1 aliphatic carbocycles. The quantitative estimate of drug-likeness (QED) is 0.721. The van der Waals surface area contributed by atoms with E-state index in [4.69, 9.17) is 4.43 Å². The van der Waals surface area contributed by atoms with E-state index in [9.17, 15) is 5.26 Å². The average Bonchev–Trinajstić information content (AvgIpc) is 2.07. The fourth-order valence-corrected chi connectivity index (χ4v) is 3.67. The molecule has 0 amide bonds. The van der Waals surface area contributed by atoms with Crippen LogP contribution in [0.2, 0.25) is 19.6 Å². The molecule has 1 atom stereocenters. The molecule has 0 bridgehead atoms. The van der Waals surface area contributed by atoms with Gasteiger partial charge in [-0.2, -0.15) is 5.26 Å². The normalized spacial score (nSPS) is 28.1. The van der Waals surface area contributed by atoms with Crippen LogP contribution in [0.15, 0.2) is 10.6 Å². The topological polar surface area (TPSA) is 33.0 Å². The maximum absolute atomic E-state index is 9.25. The zero-order valence-corrected chi connectivity index (χ0v) is 11.5. The van der Waals surface area contributed by atoms with E-state index in [1.165, 1.54) is 0 Å². The van der Waals surface area contributed by atoms with Crippen LogP contribution >= 0.6 is 15.9 Å². The molecular weight excluding hydrogens is 258 g/mol. The maximum atomic E-state index is 9.25. The average molecular weight is 274 g/mol. The fraction of sp³-hybridized carbons (Fsp3) is 0.700. The first-order valence-corrected chi connectivity index (χ1v) is 9.07. The van der Waals surface area contributed by atoms with Gasteiger partial charge in [-0.05, 0) is 38.9 Å². The second-order valence-corrected chi connectivity index (χ2v) is 9.88. The molecule has 1 aliphatic rings. The number of rotatable bonds is 2. The summed E-state index contributed by atoms with van der Waals surface area (Å²) in [5.41, 5.74) is -0.692. The Morgan fingerprint density at radius 1 is 1.57 bits per heavy atom. The lowest BCUT2D eigenvalue weighted by atomic mass is 9.93. The summed E-state index contributed by atoms with van der Waals surface area (Å²) in [5, 5.41) is 9.25. The van der Waals surface area contributed by atoms with Gasteiger partial charge in [0, 0.05) is 4.48 Å². The van der Waals surface area contributed by atoms with Gasteiger partial charge in [-0.1, -0.05) is 22.0 Å². The Morgan fingerprint density at radius 3 is 2.64 bits per heavy atom. The predicted octanol–water partition coefficient (Wildman–Crippen LogP) is 3.56. The van der Waals surface area contributed by atoms with E-state index in [2.05, 4.69) is 47.7 Å². The van der Waals surface area contributed by atoms with E-state index < -0.39 is 13.9 Å². The lowest BCUT2D eigenvalue weighted by molar-refractivity contribution is 0.149. The number of nitriles is 1. The van der Waals surface area contributed by atoms with Crippen molar-refractivity contribution in [2.45, 2.75) is 44.5 Å². The highest BCUT2D eigenvalue weighted by Crippen LogP contribution is 2.37. The maximum Gasteiger partial charge on any atom is 0.186 e. The van der Waals surface area contributed by atoms with Crippen LogP contribution in [0.4, 0.5) is 0 Å². The number of allylic oxidation sites excluding steroid dienone is 1. The summed E-state index contributed by atoms with van der Waals surface area (Å²) in [6.07, 6.45) is 4.95. The molecule has 78 valence electrons. The first-order valence-electron chi connectivity index (χ1n) is 4.87. The molecule has 1 rings (SSSR count). The van der Waals surface area contributed by atoms with E-state index in [1.54, 1.807) is 0 Å². The molecule has 0 N–H and O–H groups in total. The van der Waals surface area contributed by atoms with Gasteiger partial charge in [0.15, 0.2) is 13.9 Å². The largest absolute Gasteiger partial charge is 0.396 e. The molecule has 0 unspecified atom stereocenters. The minimum Gasteiger partial charge on any atom is -0.396 e. The summed E-state index contributed by atoms with van der Waals surface area (Å²) in [4.78, 5) is 0. The molecule has 14 heavy (non-hydrogen) atoms. The van der Waals surface area contributed by atoms with Crippen molar-refractivity contribution in [2.24, 2.45) is 0 Å². The van der Waals surface area contributed by atoms with Crippen LogP contribution in [-0.4, -0.2) is 13.9 Å². The molecule has 0 saturated carbocycles. The Bertz CT molecular complexity index is 289. The molecule has 0 radical (unpaired) electrons. The first kappa shape index (κ1) is 12.0. The second kappa shape index (κ2) is 4.17. The minimum absolute atomic E-state index is 0.692. The number of nitrogens with zero attached hydrogens (tertiary/aromatic N) is 1. The van der Waals surface area contributed by atoms with Crippen molar-refractivity contribution < 1.29 is 4.43 Å². The van der Waals surface area contributed by atoms with Gasteiger partial charge >= 0.3 is 0 Å². The lowest BCUT2D eigenvalue weighted by Crippen LogP contribution is -2.43. The molecule has 0 saturated heterocycles. The van der Waals surface area contributed by atoms with Gasteiger partial charge in [0.05, 0.1) is 0 Å². The van der Waals surface area contributed by atoms with Crippen LogP contribution in [0, 0.1) is 11.3 Å². The standard InChI is InChI=1S/C10H16BrNOSi/c1-14(2,3)13-10(8-12)7-5-4-6-9(10)11/h6H,4-5,7H2,1-3H3/t10-/m0/s1. The molecule has 0 aromatic carbocycles. The summed E-state index contributed by atoms with van der Waals surface area (Å²) < 4.78 is 6.91. The predicted molar refractivity (Wildman–Crippen MR) is 63.6 cm³/mol. The van der Waals surface area contributed by atoms with Gasteiger partial charge in [0.2, 0.25) is 0 Å². The van der Waals surface area contributed by atoms with Crippen molar-refractivity contribution in [3.8, 4) is 6.07 Å². The van der Waals surface area contributed by atoms with Gasteiger partial charge in [-0.3, -0.25) is 0 Å². The lowest BCUT2D eigenvalue weighted by Gasteiger charge is -2.35. The third kappa shape index (κ3) is 2.69. The Labute approximate surface area is 95.2 Å². The van der Waals surface area contributed by atoms with Crippen molar-refractivity contribution in [1.29, 1.82) is 5.26 Å². The molecule has 0 fully saturated rings. The van der Waals surface area contributed by atoms with E-state index in [0.29, 0.717) is 0 Å². The van der Waals surface area contributed by atoms with E-state index >= 15 is 0 Å². The molecule has 2 nitrogen and oxygen atoms in total. The van der Waals surface area contributed by atoms with Gasteiger partial charge in [0.1, 0.15) is 6.07 Å². The molecule has 0 aromatic rings. The van der Waals surface area contributed by atoms with Gasteiger partial charge in [0.25, 0.3) is 0 Å². The smallest absolute Gasteiger partial charge is 0.186 e. The van der Waals surface area contributed by atoms with Crippen molar-refractivity contribution in [3.05, 3.63) is 10.6 Å². The summed E-state index contributed by atoms with van der Waals surface area (Å²) in [5.74, 6) is 0. The number of hydrogen-bond acceptors (Lipinski definition) is 2. The number of hydrogen-bond donors (Lipinski definition) is 0. The van der Waals surface area contributed by atoms with Crippen LogP contribution in [0.5, 0.6) is 0 Å². The summed E-state index contributed by atoms with van der Waals surface area (Å²) in [6, 6.07) is 2.32. The zero-order valence-electron chi connectivity index (χ0n) is 8.93. The van der Waals surface area contributed by atoms with Gasteiger partial charge in [-0.15, -0.1) is 0 Å². The van der Waals surface area contributed by atoms with E-state index in [0.717, 1.165) is 23.7 Å². The van der Waals surface area contributed by atoms with Gasteiger partial charge in [-0.25, -0.2) is 0 Å². The van der Waals surface area contributed by atoms with E-state index in [-0.39, 0.29) is 0 Å². The van der Waals surface area contributed by atoms with Crippen molar-refractivity contribution in [1.82, 2.24) is 0 Å². The highest BCUT2D eigenvalue weighted by molar-refractivity contribution is 9.11. The van der Waals surface area contributed by atoms with Crippen LogP contribution in [0.1, 0.15) is 19.3 Å². The second-order valence-electron chi connectivity index (χ2n) is 4.60. The fourth-order valence-electron chi connectivity index (χ4n) is 1.62. The first-order chi connectivity index (χ1) is 6.40. The Morgan fingerprint density at radius 2 is 2.21 bits per heavy atom. The van der Waals surface area contributed by atoms with Crippen molar-refractivity contribution in [2.75, 3.05) is 0 Å². The monoisotopic (exact) mass is 273 g/mol. The van der Waals surface area contributed by atoms with Gasteiger partial charge < -0.3 is 4.43 Å². The van der Waals surface area contributed by atoms with Crippen molar-refractivity contribution >= 4 is 24.2 Å². The molecule has 0 aromatic heterocycles. The van der Waals surface area contributed by atoms with Crippen LogP contribution in [-0.2, 0) is 4.43 Å². The van der Waals surface area contributed by atoms with Crippen molar-refractivity contribution in [3.63, 3.8) is 0 Å². The third-order valence-electron chi connectivity index (χ3n) is 2.10. The molecule has 0 heterocycles. The van der Waals surface area contributed by atoms with E-state index in [1.807, 2.05) is 0 Å². The zero-order chi connectivity index (χ0) is 10.8. The summed E-state index contributed by atoms with van der Waals surface area (Å²) >= 11 is 3.46. The molecule has 4 heteroatoms. The SMILES string of the molecule is C[Si](C)(C)O[C@]1(C#N)CCCC=C1Br. The third-order valence-corrected chi connectivity index (χ3v) is 4.03. The molecule has 0 aliphatic heterocycles. The van der Waals surface area contributed by atoms with Crippen LogP contribution < -0.4 is 0 Å². The number of halogens is 1. The molecule has 0 spiro atoms. The molecular formula is C10H16BrNOSi. The summed E-state index contributed by atoms with van der Waals surface area (Å²) in [7, 11) is -1.67. The Hall–Kier alpha value is -0.113.